The number of pyridine rings is 1. The van der Waals surface area contributed by atoms with Crippen molar-refractivity contribution < 1.29 is 0 Å². The first-order valence-corrected chi connectivity index (χ1v) is 5.60. The van der Waals surface area contributed by atoms with E-state index in [0.29, 0.717) is 10.0 Å². The molecule has 15 heavy (non-hydrogen) atoms. The van der Waals surface area contributed by atoms with Crippen LogP contribution in [0.3, 0.4) is 0 Å². The average molecular weight is 247 g/mol. The number of hydrogen-bond donors (Lipinski definition) is 1. The van der Waals surface area contributed by atoms with E-state index < -0.39 is 0 Å². The van der Waals surface area contributed by atoms with Crippen LogP contribution in [0.1, 0.15) is 32.5 Å². The predicted molar refractivity (Wildman–Crippen MR) is 65.5 cm³/mol. The summed E-state index contributed by atoms with van der Waals surface area (Å²) in [5, 5.41) is 4.40. The van der Waals surface area contributed by atoms with E-state index in [1.54, 1.807) is 12.3 Å². The first-order chi connectivity index (χ1) is 6.86. The van der Waals surface area contributed by atoms with Crippen molar-refractivity contribution in [3.05, 3.63) is 28.0 Å². The molecule has 2 nitrogen and oxygen atoms in total. The molecule has 0 saturated carbocycles. The summed E-state index contributed by atoms with van der Waals surface area (Å²) in [4.78, 5) is 4.29. The van der Waals surface area contributed by atoms with E-state index in [9.17, 15) is 0 Å². The summed E-state index contributed by atoms with van der Waals surface area (Å²) >= 11 is 11.9. The predicted octanol–water partition coefficient (Wildman–Crippen LogP) is 3.70. The normalized spacial score (nSPS) is 14.0. The number of nitrogens with zero attached hydrogens (tertiary/aromatic N) is 1. The summed E-state index contributed by atoms with van der Waals surface area (Å²) in [6.07, 6.45) is 1.62. The lowest BCUT2D eigenvalue weighted by molar-refractivity contribution is 0.282. The van der Waals surface area contributed by atoms with E-state index in [-0.39, 0.29) is 11.5 Å². The molecule has 1 atom stereocenters. The van der Waals surface area contributed by atoms with Gasteiger partial charge in [0, 0.05) is 6.20 Å². The molecule has 0 saturated heterocycles. The van der Waals surface area contributed by atoms with E-state index >= 15 is 0 Å². The van der Waals surface area contributed by atoms with Crippen LogP contribution < -0.4 is 5.32 Å². The molecule has 0 fully saturated rings. The van der Waals surface area contributed by atoms with Crippen molar-refractivity contribution in [3.8, 4) is 0 Å². The largest absolute Gasteiger partial charge is 0.311 e. The number of rotatable bonds is 2. The number of aromatic nitrogens is 1. The van der Waals surface area contributed by atoms with Gasteiger partial charge in [0.2, 0.25) is 0 Å². The fourth-order valence-corrected chi connectivity index (χ4v) is 2.11. The summed E-state index contributed by atoms with van der Waals surface area (Å²) in [6, 6.07) is 1.84. The quantitative estimate of drug-likeness (QED) is 0.861. The fraction of sp³-hybridized carbons (Fsp3) is 0.545. The van der Waals surface area contributed by atoms with Gasteiger partial charge in [0.1, 0.15) is 0 Å². The molecule has 0 bridgehead atoms. The Kier molecular flexibility index (Phi) is 3.99. The van der Waals surface area contributed by atoms with Crippen LogP contribution in [-0.2, 0) is 0 Å². The molecule has 1 unspecified atom stereocenters. The topological polar surface area (TPSA) is 24.9 Å². The Balaban J connectivity index is 3.13. The van der Waals surface area contributed by atoms with Gasteiger partial charge in [-0.05, 0) is 18.5 Å². The number of halogens is 2. The van der Waals surface area contributed by atoms with Gasteiger partial charge in [-0.15, -0.1) is 0 Å². The Labute approximate surface area is 101 Å². The third-order valence-corrected chi connectivity index (χ3v) is 2.77. The molecule has 0 aliphatic rings. The van der Waals surface area contributed by atoms with Crippen molar-refractivity contribution in [2.45, 2.75) is 26.8 Å². The molecule has 0 spiro atoms. The summed E-state index contributed by atoms with van der Waals surface area (Å²) < 4.78 is 0. The maximum Gasteiger partial charge on any atom is 0.0765 e. The smallest absolute Gasteiger partial charge is 0.0765 e. The zero-order valence-electron chi connectivity index (χ0n) is 9.44. The van der Waals surface area contributed by atoms with Gasteiger partial charge in [0.05, 0.1) is 21.8 Å². The first kappa shape index (κ1) is 12.8. The highest BCUT2D eigenvalue weighted by Crippen LogP contribution is 2.35. The molecule has 4 heteroatoms. The minimum absolute atomic E-state index is 0.0548. The van der Waals surface area contributed by atoms with Crippen molar-refractivity contribution >= 4 is 23.2 Å². The minimum atomic E-state index is 0.0548. The Morgan fingerprint density at radius 2 is 1.93 bits per heavy atom. The third-order valence-electron chi connectivity index (χ3n) is 2.26. The van der Waals surface area contributed by atoms with E-state index in [1.807, 2.05) is 7.05 Å². The van der Waals surface area contributed by atoms with Crippen LogP contribution >= 0.6 is 23.2 Å². The minimum Gasteiger partial charge on any atom is -0.311 e. The van der Waals surface area contributed by atoms with E-state index in [4.69, 9.17) is 23.2 Å². The van der Waals surface area contributed by atoms with Crippen LogP contribution in [0.5, 0.6) is 0 Å². The number of hydrogen-bond acceptors (Lipinski definition) is 2. The summed E-state index contributed by atoms with van der Waals surface area (Å²) in [5.74, 6) is 0. The van der Waals surface area contributed by atoms with Gasteiger partial charge < -0.3 is 5.32 Å². The van der Waals surface area contributed by atoms with Crippen molar-refractivity contribution in [2.75, 3.05) is 7.05 Å². The van der Waals surface area contributed by atoms with Gasteiger partial charge in [-0.3, -0.25) is 4.98 Å². The van der Waals surface area contributed by atoms with Crippen molar-refractivity contribution in [1.82, 2.24) is 10.3 Å². The molecular weight excluding hydrogens is 231 g/mol. The molecule has 1 heterocycles. The Bertz CT molecular complexity index is 345. The second kappa shape index (κ2) is 4.69. The highest BCUT2D eigenvalue weighted by Gasteiger charge is 2.27. The molecular formula is C11H16Cl2N2. The fourth-order valence-electron chi connectivity index (χ4n) is 1.62. The molecule has 0 aromatic carbocycles. The van der Waals surface area contributed by atoms with Crippen LogP contribution in [0.25, 0.3) is 0 Å². The van der Waals surface area contributed by atoms with E-state index in [1.165, 1.54) is 0 Å². The summed E-state index contributed by atoms with van der Waals surface area (Å²) in [7, 11) is 1.91. The zero-order chi connectivity index (χ0) is 11.6. The Morgan fingerprint density at radius 1 is 1.33 bits per heavy atom. The molecule has 0 aliphatic carbocycles. The van der Waals surface area contributed by atoms with Crippen LogP contribution in [0.4, 0.5) is 0 Å². The van der Waals surface area contributed by atoms with E-state index in [2.05, 4.69) is 31.1 Å². The average Bonchev–Trinajstić information content (AvgIpc) is 2.07. The molecule has 0 radical (unpaired) electrons. The third kappa shape index (κ3) is 3.07. The van der Waals surface area contributed by atoms with Gasteiger partial charge >= 0.3 is 0 Å². The van der Waals surface area contributed by atoms with E-state index in [0.717, 1.165) is 5.69 Å². The van der Waals surface area contributed by atoms with Crippen molar-refractivity contribution in [1.29, 1.82) is 0 Å². The highest BCUT2D eigenvalue weighted by molar-refractivity contribution is 6.34. The lowest BCUT2D eigenvalue weighted by Crippen LogP contribution is -2.30. The lowest BCUT2D eigenvalue weighted by atomic mass is 9.84. The first-order valence-electron chi connectivity index (χ1n) is 4.84. The van der Waals surface area contributed by atoms with Crippen LogP contribution in [0.15, 0.2) is 12.3 Å². The second-order valence-electron chi connectivity index (χ2n) is 4.61. The molecule has 1 rings (SSSR count). The zero-order valence-corrected chi connectivity index (χ0v) is 10.9. The van der Waals surface area contributed by atoms with Gasteiger partial charge in [-0.25, -0.2) is 0 Å². The standard InChI is InChI=1S/C11H16Cl2N2/c1-11(2,3)10(14-4)9-8(13)5-7(12)6-15-9/h5-6,10,14H,1-4H3. The van der Waals surface area contributed by atoms with Crippen LogP contribution in [-0.4, -0.2) is 12.0 Å². The molecule has 1 aromatic heterocycles. The van der Waals surface area contributed by atoms with Gasteiger partial charge in [0.15, 0.2) is 0 Å². The molecule has 0 aliphatic heterocycles. The Morgan fingerprint density at radius 3 is 2.33 bits per heavy atom. The second-order valence-corrected chi connectivity index (χ2v) is 5.45. The van der Waals surface area contributed by atoms with Gasteiger partial charge in [-0.1, -0.05) is 44.0 Å². The molecule has 1 aromatic rings. The SMILES string of the molecule is CNC(c1ncc(Cl)cc1Cl)C(C)(C)C. The molecule has 0 amide bonds. The van der Waals surface area contributed by atoms with Gasteiger partial charge in [0.25, 0.3) is 0 Å². The van der Waals surface area contributed by atoms with Crippen molar-refractivity contribution in [2.24, 2.45) is 5.41 Å². The maximum absolute atomic E-state index is 6.12. The summed E-state index contributed by atoms with van der Waals surface area (Å²) in [5.41, 5.74) is 0.898. The molecule has 84 valence electrons. The maximum atomic E-state index is 6.12. The lowest BCUT2D eigenvalue weighted by Gasteiger charge is -2.30. The molecule has 1 N–H and O–H groups in total. The summed E-state index contributed by atoms with van der Waals surface area (Å²) in [6.45, 7) is 6.42. The number of nitrogens with one attached hydrogen (secondary N) is 1. The van der Waals surface area contributed by atoms with Crippen LogP contribution in [0, 0.1) is 5.41 Å². The van der Waals surface area contributed by atoms with Crippen molar-refractivity contribution in [3.63, 3.8) is 0 Å². The van der Waals surface area contributed by atoms with Crippen LogP contribution in [0.2, 0.25) is 10.0 Å². The highest BCUT2D eigenvalue weighted by atomic mass is 35.5. The monoisotopic (exact) mass is 246 g/mol. The van der Waals surface area contributed by atoms with Gasteiger partial charge in [-0.2, -0.15) is 0 Å². The Hall–Kier alpha value is -0.310.